The second kappa shape index (κ2) is 7.69. The van der Waals surface area contributed by atoms with Crippen LogP contribution in [0.25, 0.3) is 0 Å². The Bertz CT molecular complexity index is 541. The van der Waals surface area contributed by atoms with Crippen LogP contribution in [0, 0.1) is 0 Å². The number of fused-ring (bicyclic) bond motifs is 1. The Hall–Kier alpha value is -1.23. The molecule has 1 aliphatic rings. The van der Waals surface area contributed by atoms with E-state index in [2.05, 4.69) is 29.6 Å². The second-order valence-corrected chi connectivity index (χ2v) is 6.24. The molecule has 0 fully saturated rings. The van der Waals surface area contributed by atoms with Crippen molar-refractivity contribution in [2.24, 2.45) is 0 Å². The van der Waals surface area contributed by atoms with Crippen molar-refractivity contribution in [1.82, 2.24) is 5.32 Å². The molecule has 0 spiro atoms. The average molecular weight is 303 g/mol. The van der Waals surface area contributed by atoms with Gasteiger partial charge in [0.05, 0.1) is 6.26 Å². The summed E-state index contributed by atoms with van der Waals surface area (Å²) in [5.74, 6) is 3.19. The number of nitrogens with one attached hydrogen (secondary N) is 1. The molecule has 4 heteroatoms. The van der Waals surface area contributed by atoms with Crippen LogP contribution in [0.1, 0.15) is 29.3 Å². The van der Waals surface area contributed by atoms with Gasteiger partial charge in [-0.25, -0.2) is 0 Å². The van der Waals surface area contributed by atoms with Crippen LogP contribution in [0.15, 0.2) is 47.1 Å². The average Bonchev–Trinajstić information content (AvgIpc) is 3.04. The van der Waals surface area contributed by atoms with Crippen LogP contribution in [0.2, 0.25) is 0 Å². The van der Waals surface area contributed by atoms with Crippen LogP contribution in [0.4, 0.5) is 0 Å². The highest BCUT2D eigenvalue weighted by atomic mass is 32.2. The maximum atomic E-state index is 5.60. The molecule has 2 aromatic rings. The van der Waals surface area contributed by atoms with Crippen molar-refractivity contribution >= 4 is 11.8 Å². The third kappa shape index (κ3) is 4.13. The zero-order valence-corrected chi connectivity index (χ0v) is 12.9. The molecule has 1 N–H and O–H groups in total. The Kier molecular flexibility index (Phi) is 5.38. The lowest BCUT2D eigenvalue weighted by atomic mass is 10.0. The Morgan fingerprint density at radius 3 is 3.10 bits per heavy atom. The molecule has 0 saturated heterocycles. The molecule has 1 aromatic carbocycles. The third-order valence-corrected chi connectivity index (χ3v) is 4.74. The van der Waals surface area contributed by atoms with Gasteiger partial charge in [-0.05, 0) is 36.2 Å². The summed E-state index contributed by atoms with van der Waals surface area (Å²) in [5.41, 5.74) is 2.94. The maximum Gasteiger partial charge on any atom is 0.129 e. The van der Waals surface area contributed by atoms with E-state index in [9.17, 15) is 0 Å². The van der Waals surface area contributed by atoms with Crippen molar-refractivity contribution in [1.29, 1.82) is 0 Å². The van der Waals surface area contributed by atoms with Gasteiger partial charge in [-0.2, -0.15) is 11.8 Å². The predicted octanol–water partition coefficient (Wildman–Crippen LogP) is 3.76. The fourth-order valence-electron chi connectivity index (χ4n) is 2.57. The maximum absolute atomic E-state index is 5.60. The first-order chi connectivity index (χ1) is 10.4. The van der Waals surface area contributed by atoms with E-state index in [-0.39, 0.29) is 0 Å². The summed E-state index contributed by atoms with van der Waals surface area (Å²) in [6.45, 7) is 2.31. The molecule has 2 heterocycles. The minimum Gasteiger partial charge on any atom is -0.467 e. The largest absolute Gasteiger partial charge is 0.467 e. The van der Waals surface area contributed by atoms with Gasteiger partial charge in [0.25, 0.3) is 0 Å². The smallest absolute Gasteiger partial charge is 0.129 e. The number of rotatable bonds is 7. The van der Waals surface area contributed by atoms with Gasteiger partial charge in [0.2, 0.25) is 0 Å². The molecule has 21 heavy (non-hydrogen) atoms. The third-order valence-electron chi connectivity index (χ3n) is 3.65. The number of hydrogen-bond donors (Lipinski definition) is 1. The van der Waals surface area contributed by atoms with Crippen molar-refractivity contribution in [3.63, 3.8) is 0 Å². The molecule has 3 nitrogen and oxygen atoms in total. The first-order valence-electron chi connectivity index (χ1n) is 7.42. The molecule has 112 valence electrons. The molecule has 0 aliphatic carbocycles. The Morgan fingerprint density at radius 2 is 2.19 bits per heavy atom. The number of ether oxygens (including phenoxy) is 1. The van der Waals surface area contributed by atoms with E-state index < -0.39 is 0 Å². The van der Waals surface area contributed by atoms with Gasteiger partial charge in [-0.1, -0.05) is 24.3 Å². The van der Waals surface area contributed by atoms with Crippen molar-refractivity contribution in [2.45, 2.75) is 24.8 Å². The Labute approximate surface area is 130 Å². The van der Waals surface area contributed by atoms with Gasteiger partial charge < -0.3 is 14.5 Å². The van der Waals surface area contributed by atoms with Gasteiger partial charge in [-0.3, -0.25) is 0 Å². The van der Waals surface area contributed by atoms with Crippen LogP contribution in [-0.4, -0.2) is 18.9 Å². The molecule has 0 saturated carbocycles. The standard InChI is InChI=1S/C17H21NO2S/c1-2-7-16-14(5-1)12-21-13-17(16)18-8-4-9-19-11-15-6-3-10-20-15/h1-3,5-7,10,17-18H,4,8-9,11-13H2. The van der Waals surface area contributed by atoms with Gasteiger partial charge in [0.15, 0.2) is 0 Å². The van der Waals surface area contributed by atoms with E-state index in [1.54, 1.807) is 6.26 Å². The highest BCUT2D eigenvalue weighted by Crippen LogP contribution is 2.31. The number of benzene rings is 1. The highest BCUT2D eigenvalue weighted by molar-refractivity contribution is 7.98. The lowest BCUT2D eigenvalue weighted by Gasteiger charge is -2.26. The summed E-state index contributed by atoms with van der Waals surface area (Å²) in [7, 11) is 0. The van der Waals surface area contributed by atoms with Crippen LogP contribution in [0.3, 0.4) is 0 Å². The second-order valence-electron chi connectivity index (χ2n) is 5.21. The van der Waals surface area contributed by atoms with Crippen LogP contribution >= 0.6 is 11.8 Å². The van der Waals surface area contributed by atoms with Crippen LogP contribution in [0.5, 0.6) is 0 Å². The molecule has 0 bridgehead atoms. The van der Waals surface area contributed by atoms with E-state index in [1.165, 1.54) is 11.1 Å². The van der Waals surface area contributed by atoms with E-state index in [4.69, 9.17) is 9.15 Å². The van der Waals surface area contributed by atoms with E-state index in [1.807, 2.05) is 23.9 Å². The highest BCUT2D eigenvalue weighted by Gasteiger charge is 2.18. The summed E-state index contributed by atoms with van der Waals surface area (Å²) >= 11 is 2.01. The molecule has 0 radical (unpaired) electrons. The van der Waals surface area contributed by atoms with E-state index in [0.29, 0.717) is 12.6 Å². The molecular formula is C17H21NO2S. The van der Waals surface area contributed by atoms with Crippen LogP contribution < -0.4 is 5.32 Å². The molecule has 1 unspecified atom stereocenters. The first kappa shape index (κ1) is 14.7. The normalized spacial score (nSPS) is 17.6. The van der Waals surface area contributed by atoms with Crippen molar-refractivity contribution in [3.8, 4) is 0 Å². The first-order valence-corrected chi connectivity index (χ1v) is 8.58. The molecule has 3 rings (SSSR count). The summed E-state index contributed by atoms with van der Waals surface area (Å²) in [4.78, 5) is 0. The van der Waals surface area contributed by atoms with Crippen LogP contribution in [-0.2, 0) is 17.1 Å². The molecular weight excluding hydrogens is 282 g/mol. The van der Waals surface area contributed by atoms with Crippen molar-refractivity contribution in [2.75, 3.05) is 18.9 Å². The fourth-order valence-corrected chi connectivity index (χ4v) is 3.70. The minimum atomic E-state index is 0.477. The zero-order chi connectivity index (χ0) is 14.3. The quantitative estimate of drug-likeness (QED) is 0.790. The van der Waals surface area contributed by atoms with Crippen molar-refractivity contribution in [3.05, 3.63) is 59.5 Å². The summed E-state index contributed by atoms with van der Waals surface area (Å²) < 4.78 is 10.8. The SMILES string of the molecule is c1coc(COCCCNC2CSCc3ccccc32)c1. The van der Waals surface area contributed by atoms with E-state index >= 15 is 0 Å². The number of furan rings is 1. The zero-order valence-electron chi connectivity index (χ0n) is 12.1. The Morgan fingerprint density at radius 1 is 1.24 bits per heavy atom. The summed E-state index contributed by atoms with van der Waals surface area (Å²) in [5, 5.41) is 3.65. The molecule has 1 aliphatic heterocycles. The van der Waals surface area contributed by atoms with Gasteiger partial charge >= 0.3 is 0 Å². The minimum absolute atomic E-state index is 0.477. The monoisotopic (exact) mass is 303 g/mol. The summed E-state index contributed by atoms with van der Waals surface area (Å²) in [6, 6.07) is 13.1. The molecule has 1 atom stereocenters. The van der Waals surface area contributed by atoms with Gasteiger partial charge in [-0.15, -0.1) is 0 Å². The fraction of sp³-hybridized carbons (Fsp3) is 0.412. The van der Waals surface area contributed by atoms with Crippen molar-refractivity contribution < 1.29 is 9.15 Å². The predicted molar refractivity (Wildman–Crippen MR) is 86.3 cm³/mol. The molecule has 1 aromatic heterocycles. The lowest BCUT2D eigenvalue weighted by molar-refractivity contribution is 0.104. The van der Waals surface area contributed by atoms with Gasteiger partial charge in [0, 0.05) is 24.2 Å². The number of hydrogen-bond acceptors (Lipinski definition) is 4. The topological polar surface area (TPSA) is 34.4 Å². The Balaban J connectivity index is 1.36. The summed E-state index contributed by atoms with van der Waals surface area (Å²) in [6.07, 6.45) is 2.70. The lowest BCUT2D eigenvalue weighted by Crippen LogP contribution is -2.28. The number of thioether (sulfide) groups is 1. The molecule has 0 amide bonds. The van der Waals surface area contributed by atoms with Gasteiger partial charge in [0.1, 0.15) is 12.4 Å². The van der Waals surface area contributed by atoms with E-state index in [0.717, 1.165) is 36.8 Å².